The van der Waals surface area contributed by atoms with E-state index in [2.05, 4.69) is 11.7 Å². The number of aryl methyl sites for hydroxylation is 1. The first kappa shape index (κ1) is 8.78. The van der Waals surface area contributed by atoms with Gasteiger partial charge in [0.05, 0.1) is 0 Å². The molecule has 0 atom stereocenters. The predicted molar refractivity (Wildman–Crippen MR) is 46.8 cm³/mol. The summed E-state index contributed by atoms with van der Waals surface area (Å²) in [7, 11) is 0. The first-order chi connectivity index (χ1) is 5.88. The Morgan fingerprint density at radius 3 is 2.83 bits per heavy atom. The van der Waals surface area contributed by atoms with Crippen molar-refractivity contribution in [2.24, 2.45) is 0 Å². The molecule has 0 aromatic heterocycles. The van der Waals surface area contributed by atoms with Crippen molar-refractivity contribution < 1.29 is 9.53 Å². The van der Waals surface area contributed by atoms with Gasteiger partial charge >= 0.3 is 6.47 Å². The van der Waals surface area contributed by atoms with Crippen molar-refractivity contribution in [3.63, 3.8) is 0 Å². The zero-order valence-corrected chi connectivity index (χ0v) is 7.04. The van der Waals surface area contributed by atoms with Crippen LogP contribution in [0.1, 0.15) is 18.9 Å². The molecule has 0 aliphatic rings. The maximum absolute atomic E-state index is 9.98. The molecule has 63 valence electrons. The zero-order valence-electron chi connectivity index (χ0n) is 7.04. The summed E-state index contributed by atoms with van der Waals surface area (Å²) in [4.78, 5) is 9.98. The van der Waals surface area contributed by atoms with E-state index >= 15 is 0 Å². The van der Waals surface area contributed by atoms with Crippen molar-refractivity contribution in [3.8, 4) is 5.75 Å². The number of carbonyl (C=O) groups excluding carboxylic acids is 1. The molecule has 0 aliphatic heterocycles. The molecule has 12 heavy (non-hydrogen) atoms. The van der Waals surface area contributed by atoms with Crippen LogP contribution < -0.4 is 4.74 Å². The Labute approximate surface area is 72.2 Å². The monoisotopic (exact) mass is 163 g/mol. The number of hydrogen-bond donors (Lipinski definition) is 0. The minimum atomic E-state index is 0.620. The minimum Gasteiger partial charge on any atom is -0.418 e. The number of benzene rings is 1. The molecule has 1 aromatic rings. The summed E-state index contributed by atoms with van der Waals surface area (Å²) >= 11 is 0. The zero-order chi connectivity index (χ0) is 8.81. The van der Waals surface area contributed by atoms with Gasteiger partial charge in [-0.25, -0.2) is 4.79 Å². The summed E-state index contributed by atoms with van der Waals surface area (Å²) in [6.45, 7) is 3.52. The second-order valence-corrected chi connectivity index (χ2v) is 2.54. The third-order valence-electron chi connectivity index (χ3n) is 1.64. The number of rotatable bonds is 4. The van der Waals surface area contributed by atoms with Crippen LogP contribution in [0.3, 0.4) is 0 Å². The van der Waals surface area contributed by atoms with Gasteiger partial charge in [0, 0.05) is 0 Å². The SMILES string of the molecule is CCCc1ccccc1O[C]=O. The largest absolute Gasteiger partial charge is 0.423 e. The van der Waals surface area contributed by atoms with Crippen molar-refractivity contribution in [2.75, 3.05) is 0 Å². The van der Waals surface area contributed by atoms with Gasteiger partial charge in [0.15, 0.2) is 0 Å². The van der Waals surface area contributed by atoms with Crippen molar-refractivity contribution in [1.82, 2.24) is 0 Å². The van der Waals surface area contributed by atoms with Gasteiger partial charge in [0.1, 0.15) is 5.75 Å². The highest BCUT2D eigenvalue weighted by atomic mass is 16.5. The third kappa shape index (κ3) is 2.09. The molecule has 0 fully saturated rings. The summed E-state index contributed by atoms with van der Waals surface area (Å²) < 4.78 is 4.68. The van der Waals surface area contributed by atoms with Gasteiger partial charge in [-0.05, 0) is 18.1 Å². The van der Waals surface area contributed by atoms with E-state index in [0.29, 0.717) is 5.75 Å². The standard InChI is InChI=1S/C10H11O2/c1-2-5-9-6-3-4-7-10(9)12-8-11/h3-4,6-7H,2,5H2,1H3. The molecular formula is C10H11O2. The van der Waals surface area contributed by atoms with Gasteiger partial charge in [0.25, 0.3) is 0 Å². The molecule has 0 heterocycles. The van der Waals surface area contributed by atoms with E-state index in [1.54, 1.807) is 6.07 Å². The highest BCUT2D eigenvalue weighted by molar-refractivity contribution is 5.48. The summed E-state index contributed by atoms with van der Waals surface area (Å²) in [6.07, 6.45) is 1.97. The Hall–Kier alpha value is -1.31. The molecule has 0 N–H and O–H groups in total. The molecule has 0 aliphatic carbocycles. The number of ether oxygens (including phenoxy) is 1. The van der Waals surface area contributed by atoms with Gasteiger partial charge in [-0.1, -0.05) is 31.5 Å². The Balaban J connectivity index is 2.83. The molecule has 1 rings (SSSR count). The minimum absolute atomic E-state index is 0.620. The van der Waals surface area contributed by atoms with Crippen molar-refractivity contribution >= 4 is 6.47 Å². The van der Waals surface area contributed by atoms with E-state index in [1.165, 1.54) is 6.47 Å². The molecule has 0 bridgehead atoms. The average molecular weight is 163 g/mol. The number of para-hydroxylation sites is 1. The van der Waals surface area contributed by atoms with Gasteiger partial charge < -0.3 is 4.74 Å². The van der Waals surface area contributed by atoms with E-state index in [4.69, 9.17) is 0 Å². The molecule has 0 spiro atoms. The molecule has 2 nitrogen and oxygen atoms in total. The molecule has 0 saturated carbocycles. The normalized spacial score (nSPS) is 9.42. The maximum atomic E-state index is 9.98. The van der Waals surface area contributed by atoms with Crippen LogP contribution >= 0.6 is 0 Å². The van der Waals surface area contributed by atoms with Crippen LogP contribution in [-0.4, -0.2) is 6.47 Å². The molecular weight excluding hydrogens is 152 g/mol. The van der Waals surface area contributed by atoms with Crippen LogP contribution in [0.15, 0.2) is 24.3 Å². The predicted octanol–water partition coefficient (Wildman–Crippen LogP) is 2.09. The van der Waals surface area contributed by atoms with Crippen molar-refractivity contribution in [2.45, 2.75) is 19.8 Å². The lowest BCUT2D eigenvalue weighted by Gasteiger charge is -2.03. The van der Waals surface area contributed by atoms with E-state index in [9.17, 15) is 4.79 Å². The van der Waals surface area contributed by atoms with Crippen LogP contribution in [0.4, 0.5) is 0 Å². The van der Waals surface area contributed by atoms with Gasteiger partial charge in [-0.3, -0.25) is 0 Å². The van der Waals surface area contributed by atoms with Crippen LogP contribution in [0.2, 0.25) is 0 Å². The second-order valence-electron chi connectivity index (χ2n) is 2.54. The van der Waals surface area contributed by atoms with Crippen LogP contribution in [0, 0.1) is 0 Å². The molecule has 0 saturated heterocycles. The fraction of sp³-hybridized carbons (Fsp3) is 0.300. The van der Waals surface area contributed by atoms with E-state index in [1.807, 2.05) is 18.2 Å². The van der Waals surface area contributed by atoms with E-state index in [-0.39, 0.29) is 0 Å². The molecule has 0 amide bonds. The fourth-order valence-corrected chi connectivity index (χ4v) is 1.12. The Bertz CT molecular complexity index is 256. The maximum Gasteiger partial charge on any atom is 0.423 e. The van der Waals surface area contributed by atoms with Gasteiger partial charge in [-0.15, -0.1) is 0 Å². The highest BCUT2D eigenvalue weighted by Gasteiger charge is 2.00. The van der Waals surface area contributed by atoms with Gasteiger partial charge in [0.2, 0.25) is 0 Å². The highest BCUT2D eigenvalue weighted by Crippen LogP contribution is 2.18. The van der Waals surface area contributed by atoms with Crippen LogP contribution in [0.25, 0.3) is 0 Å². The summed E-state index contributed by atoms with van der Waals surface area (Å²) in [5.41, 5.74) is 1.06. The summed E-state index contributed by atoms with van der Waals surface area (Å²) in [5, 5.41) is 0. The Morgan fingerprint density at radius 1 is 1.42 bits per heavy atom. The third-order valence-corrected chi connectivity index (χ3v) is 1.64. The smallest absolute Gasteiger partial charge is 0.418 e. The Morgan fingerprint density at radius 2 is 2.17 bits per heavy atom. The van der Waals surface area contributed by atoms with Crippen molar-refractivity contribution in [1.29, 1.82) is 0 Å². The topological polar surface area (TPSA) is 26.3 Å². The summed E-state index contributed by atoms with van der Waals surface area (Å²) in [5.74, 6) is 0.620. The number of hydrogen-bond acceptors (Lipinski definition) is 2. The first-order valence-corrected chi connectivity index (χ1v) is 4.00. The molecule has 1 aromatic carbocycles. The van der Waals surface area contributed by atoms with Crippen LogP contribution in [-0.2, 0) is 11.2 Å². The van der Waals surface area contributed by atoms with E-state index < -0.39 is 0 Å². The van der Waals surface area contributed by atoms with Crippen LogP contribution in [0.5, 0.6) is 5.75 Å². The van der Waals surface area contributed by atoms with Crippen molar-refractivity contribution in [3.05, 3.63) is 29.8 Å². The average Bonchev–Trinajstić information content (AvgIpc) is 2.09. The lowest BCUT2D eigenvalue weighted by atomic mass is 10.1. The fourth-order valence-electron chi connectivity index (χ4n) is 1.12. The molecule has 1 radical (unpaired) electrons. The summed E-state index contributed by atoms with van der Waals surface area (Å²) in [6, 6.07) is 7.50. The molecule has 2 heteroatoms. The second kappa shape index (κ2) is 4.54. The lowest BCUT2D eigenvalue weighted by molar-refractivity contribution is 0.439. The Kier molecular flexibility index (Phi) is 3.33. The van der Waals surface area contributed by atoms with Gasteiger partial charge in [-0.2, -0.15) is 0 Å². The molecule has 0 unspecified atom stereocenters. The quantitative estimate of drug-likeness (QED) is 0.679. The lowest BCUT2D eigenvalue weighted by Crippen LogP contribution is -1.93. The first-order valence-electron chi connectivity index (χ1n) is 4.00. The van der Waals surface area contributed by atoms with E-state index in [0.717, 1.165) is 18.4 Å².